The zero-order valence-electron chi connectivity index (χ0n) is 8.50. The van der Waals surface area contributed by atoms with Gasteiger partial charge in [-0.25, -0.2) is 0 Å². The van der Waals surface area contributed by atoms with Gasteiger partial charge in [-0.05, 0) is 24.3 Å². The first kappa shape index (κ1) is 9.78. The van der Waals surface area contributed by atoms with Crippen molar-refractivity contribution in [3.8, 4) is 0 Å². The van der Waals surface area contributed by atoms with Gasteiger partial charge in [-0.1, -0.05) is 6.07 Å². The predicted octanol–water partition coefficient (Wildman–Crippen LogP) is 1.60. The van der Waals surface area contributed by atoms with Crippen LogP contribution in [0.5, 0.6) is 0 Å². The molecule has 2 heterocycles. The zero-order valence-corrected chi connectivity index (χ0v) is 9.32. The zero-order chi connectivity index (χ0) is 10.3. The number of hydrogen-bond donors (Lipinski definition) is 1. The molecule has 2 unspecified atom stereocenters. The molecule has 1 N–H and O–H groups in total. The first-order valence-corrected chi connectivity index (χ1v) is 6.32. The summed E-state index contributed by atoms with van der Waals surface area (Å²) in [4.78, 5) is 3.66. The van der Waals surface area contributed by atoms with Crippen LogP contribution in [0.3, 0.4) is 0 Å². The van der Waals surface area contributed by atoms with E-state index in [0.717, 1.165) is 6.54 Å². The summed E-state index contributed by atoms with van der Waals surface area (Å²) in [6, 6.07) is 4.86. The molecule has 82 valence electrons. The maximum atomic E-state index is 9.15. The number of aliphatic hydroxyl groups is 1. The van der Waals surface area contributed by atoms with Crippen LogP contribution in [0.2, 0.25) is 0 Å². The third-order valence-electron chi connectivity index (χ3n) is 3.04. The highest BCUT2D eigenvalue weighted by atomic mass is 32.1. The lowest BCUT2D eigenvalue weighted by atomic mass is 10.3. The Hall–Kier alpha value is -0.420. The summed E-state index contributed by atoms with van der Waals surface area (Å²) in [5, 5.41) is 11.2. The van der Waals surface area contributed by atoms with E-state index in [2.05, 4.69) is 22.4 Å². The average molecular weight is 225 g/mol. The van der Waals surface area contributed by atoms with Crippen LogP contribution in [0.15, 0.2) is 17.5 Å². The molecule has 3 nitrogen and oxygen atoms in total. The fourth-order valence-corrected chi connectivity index (χ4v) is 2.92. The standard InChI is InChI=1S/C11H15NO2S/c13-7-9-6-12(8-3-4-8)11(14-9)10-2-1-5-15-10/h1-2,5,8-9,11,13H,3-4,6-7H2. The van der Waals surface area contributed by atoms with Gasteiger partial charge in [-0.3, -0.25) is 4.90 Å². The Bertz CT molecular complexity index is 323. The summed E-state index contributed by atoms with van der Waals surface area (Å²) in [6.45, 7) is 1.01. The van der Waals surface area contributed by atoms with E-state index in [1.54, 1.807) is 11.3 Å². The van der Waals surface area contributed by atoms with E-state index in [-0.39, 0.29) is 18.9 Å². The van der Waals surface area contributed by atoms with Gasteiger partial charge in [0, 0.05) is 17.5 Å². The van der Waals surface area contributed by atoms with E-state index < -0.39 is 0 Å². The van der Waals surface area contributed by atoms with Gasteiger partial charge in [0.25, 0.3) is 0 Å². The topological polar surface area (TPSA) is 32.7 Å². The summed E-state index contributed by atoms with van der Waals surface area (Å²) in [6.07, 6.45) is 2.65. The van der Waals surface area contributed by atoms with Gasteiger partial charge in [0.2, 0.25) is 0 Å². The number of nitrogens with zero attached hydrogens (tertiary/aromatic N) is 1. The molecule has 1 aromatic rings. The molecular formula is C11H15NO2S. The van der Waals surface area contributed by atoms with Gasteiger partial charge in [-0.2, -0.15) is 0 Å². The van der Waals surface area contributed by atoms with Crippen LogP contribution in [0, 0.1) is 0 Å². The Balaban J connectivity index is 1.80. The number of aliphatic hydroxyl groups excluding tert-OH is 1. The minimum absolute atomic E-state index is 0.00213. The molecule has 2 fully saturated rings. The molecule has 4 heteroatoms. The first-order valence-electron chi connectivity index (χ1n) is 5.44. The van der Waals surface area contributed by atoms with Crippen LogP contribution in [0.4, 0.5) is 0 Å². The predicted molar refractivity (Wildman–Crippen MR) is 58.7 cm³/mol. The van der Waals surface area contributed by atoms with Crippen molar-refractivity contribution in [2.75, 3.05) is 13.2 Å². The van der Waals surface area contributed by atoms with Crippen LogP contribution in [0.1, 0.15) is 23.9 Å². The summed E-state index contributed by atoms with van der Waals surface area (Å²) < 4.78 is 5.86. The summed E-state index contributed by atoms with van der Waals surface area (Å²) in [5.41, 5.74) is 0. The van der Waals surface area contributed by atoms with E-state index in [4.69, 9.17) is 9.84 Å². The van der Waals surface area contributed by atoms with Gasteiger partial charge >= 0.3 is 0 Å². The minimum atomic E-state index is -0.00213. The molecule has 0 aromatic carbocycles. The summed E-state index contributed by atoms with van der Waals surface area (Å²) in [7, 11) is 0. The second-order valence-electron chi connectivity index (χ2n) is 4.24. The largest absolute Gasteiger partial charge is 0.394 e. The van der Waals surface area contributed by atoms with Crippen LogP contribution in [-0.4, -0.2) is 35.3 Å². The lowest BCUT2D eigenvalue weighted by Gasteiger charge is -2.20. The lowest BCUT2D eigenvalue weighted by Crippen LogP contribution is -2.27. The molecule has 1 aromatic heterocycles. The molecule has 0 bridgehead atoms. The Morgan fingerprint density at radius 3 is 3.00 bits per heavy atom. The summed E-state index contributed by atoms with van der Waals surface area (Å²) >= 11 is 1.73. The van der Waals surface area contributed by atoms with Crippen molar-refractivity contribution < 1.29 is 9.84 Å². The molecule has 3 rings (SSSR count). The number of hydrogen-bond acceptors (Lipinski definition) is 4. The molecule has 0 amide bonds. The van der Waals surface area contributed by atoms with Crippen LogP contribution in [0.25, 0.3) is 0 Å². The molecule has 2 aliphatic rings. The van der Waals surface area contributed by atoms with Crippen molar-refractivity contribution >= 4 is 11.3 Å². The van der Waals surface area contributed by atoms with Gasteiger partial charge in [0.05, 0.1) is 12.7 Å². The quantitative estimate of drug-likeness (QED) is 0.848. The molecule has 1 aliphatic heterocycles. The van der Waals surface area contributed by atoms with Crippen molar-refractivity contribution in [1.29, 1.82) is 0 Å². The molecule has 0 spiro atoms. The molecule has 1 saturated heterocycles. The Morgan fingerprint density at radius 2 is 2.40 bits per heavy atom. The fraction of sp³-hybridized carbons (Fsp3) is 0.636. The van der Waals surface area contributed by atoms with E-state index in [0.29, 0.717) is 6.04 Å². The molecule has 2 atom stereocenters. The molecule has 1 aliphatic carbocycles. The Labute approximate surface area is 93.3 Å². The molecule has 0 radical (unpaired) electrons. The van der Waals surface area contributed by atoms with E-state index in [1.165, 1.54) is 17.7 Å². The van der Waals surface area contributed by atoms with Crippen LogP contribution < -0.4 is 0 Å². The highest BCUT2D eigenvalue weighted by Crippen LogP contribution is 2.40. The lowest BCUT2D eigenvalue weighted by molar-refractivity contribution is -0.0195. The third kappa shape index (κ3) is 1.83. The van der Waals surface area contributed by atoms with Gasteiger partial charge in [-0.15, -0.1) is 11.3 Å². The molecule has 1 saturated carbocycles. The smallest absolute Gasteiger partial charge is 0.146 e. The second kappa shape index (κ2) is 3.87. The maximum Gasteiger partial charge on any atom is 0.146 e. The monoisotopic (exact) mass is 225 g/mol. The van der Waals surface area contributed by atoms with E-state index >= 15 is 0 Å². The van der Waals surface area contributed by atoms with Gasteiger partial charge in [0.1, 0.15) is 6.23 Å². The maximum absolute atomic E-state index is 9.15. The molecular weight excluding hydrogens is 210 g/mol. The van der Waals surface area contributed by atoms with Crippen molar-refractivity contribution in [3.63, 3.8) is 0 Å². The van der Waals surface area contributed by atoms with Crippen molar-refractivity contribution in [3.05, 3.63) is 22.4 Å². The number of thiophene rings is 1. The van der Waals surface area contributed by atoms with Crippen molar-refractivity contribution in [2.45, 2.75) is 31.2 Å². The Kier molecular flexibility index (Phi) is 2.52. The van der Waals surface area contributed by atoms with Gasteiger partial charge in [0.15, 0.2) is 0 Å². The van der Waals surface area contributed by atoms with E-state index in [9.17, 15) is 0 Å². The third-order valence-corrected chi connectivity index (χ3v) is 3.95. The van der Waals surface area contributed by atoms with Gasteiger partial charge < -0.3 is 9.84 Å². The van der Waals surface area contributed by atoms with Crippen LogP contribution >= 0.6 is 11.3 Å². The van der Waals surface area contributed by atoms with Crippen molar-refractivity contribution in [1.82, 2.24) is 4.90 Å². The van der Waals surface area contributed by atoms with Crippen molar-refractivity contribution in [2.24, 2.45) is 0 Å². The number of ether oxygens (including phenoxy) is 1. The Morgan fingerprint density at radius 1 is 1.53 bits per heavy atom. The fourth-order valence-electron chi connectivity index (χ4n) is 2.14. The highest BCUT2D eigenvalue weighted by Gasteiger charge is 2.42. The molecule has 15 heavy (non-hydrogen) atoms. The number of rotatable bonds is 3. The normalized spacial score (nSPS) is 32.3. The average Bonchev–Trinajstić information content (AvgIpc) is 2.83. The minimum Gasteiger partial charge on any atom is -0.394 e. The SMILES string of the molecule is OCC1CN(C2CC2)C(c2cccs2)O1. The second-order valence-corrected chi connectivity index (χ2v) is 5.22. The van der Waals surface area contributed by atoms with E-state index in [1.807, 2.05) is 0 Å². The first-order chi connectivity index (χ1) is 7.38. The van der Waals surface area contributed by atoms with Crippen LogP contribution in [-0.2, 0) is 4.74 Å². The summed E-state index contributed by atoms with van der Waals surface area (Å²) in [5.74, 6) is 0. The highest BCUT2D eigenvalue weighted by molar-refractivity contribution is 7.10.